The van der Waals surface area contributed by atoms with Crippen molar-refractivity contribution in [3.8, 4) is 0 Å². The second-order valence-corrected chi connectivity index (χ2v) is 6.59. The smallest absolute Gasteiger partial charge is 0.269 e. The first-order valence-corrected chi connectivity index (χ1v) is 8.58. The lowest BCUT2D eigenvalue weighted by molar-refractivity contribution is -0.124. The maximum atomic E-state index is 13.0. The van der Waals surface area contributed by atoms with Crippen LogP contribution in [0.4, 0.5) is 4.39 Å². The number of hydrogen-bond acceptors (Lipinski definition) is 3. The van der Waals surface area contributed by atoms with Gasteiger partial charge in [-0.25, -0.2) is 4.39 Å². The molecule has 0 bridgehead atoms. The van der Waals surface area contributed by atoms with Crippen molar-refractivity contribution in [1.29, 1.82) is 0 Å². The van der Waals surface area contributed by atoms with Gasteiger partial charge in [0.1, 0.15) is 11.9 Å². The molecule has 1 unspecified atom stereocenters. The van der Waals surface area contributed by atoms with Crippen LogP contribution in [0.2, 0.25) is 5.02 Å². The number of carbonyl (C=O) groups excluding carboxylic acids is 3. The number of amides is 3. The van der Waals surface area contributed by atoms with Gasteiger partial charge in [0.25, 0.3) is 17.7 Å². The Labute approximate surface area is 161 Å². The highest BCUT2D eigenvalue weighted by molar-refractivity contribution is 6.30. The highest BCUT2D eigenvalue weighted by Crippen LogP contribution is 2.10. The lowest BCUT2D eigenvalue weighted by Gasteiger charge is -2.22. The van der Waals surface area contributed by atoms with Crippen LogP contribution in [0.1, 0.15) is 34.6 Å². The molecule has 0 heterocycles. The number of benzene rings is 2. The third-order valence-corrected chi connectivity index (χ3v) is 3.96. The molecule has 0 spiro atoms. The first-order chi connectivity index (χ1) is 12.8. The van der Waals surface area contributed by atoms with Gasteiger partial charge >= 0.3 is 0 Å². The molecule has 2 aromatic carbocycles. The molecule has 0 saturated carbocycles. The Bertz CT molecular complexity index is 840. The van der Waals surface area contributed by atoms with Crippen molar-refractivity contribution < 1.29 is 18.8 Å². The summed E-state index contributed by atoms with van der Waals surface area (Å²) in [6, 6.07) is 10.3. The van der Waals surface area contributed by atoms with Crippen LogP contribution < -0.4 is 16.2 Å². The number of carbonyl (C=O) groups is 3. The summed E-state index contributed by atoms with van der Waals surface area (Å²) < 4.78 is 13.0. The van der Waals surface area contributed by atoms with Crippen molar-refractivity contribution in [2.75, 3.05) is 0 Å². The molecule has 0 radical (unpaired) electrons. The Morgan fingerprint density at radius 2 is 1.59 bits per heavy atom. The number of nitrogens with one attached hydrogen (secondary N) is 3. The van der Waals surface area contributed by atoms with Gasteiger partial charge in [-0.15, -0.1) is 0 Å². The highest BCUT2D eigenvalue weighted by Gasteiger charge is 2.25. The van der Waals surface area contributed by atoms with Gasteiger partial charge in [-0.05, 0) is 48.4 Å². The maximum absolute atomic E-state index is 13.0. The minimum absolute atomic E-state index is 0.220. The van der Waals surface area contributed by atoms with Crippen molar-refractivity contribution in [3.05, 3.63) is 70.5 Å². The molecule has 2 aromatic rings. The summed E-state index contributed by atoms with van der Waals surface area (Å²) in [6.45, 7) is 3.49. The van der Waals surface area contributed by atoms with Crippen LogP contribution >= 0.6 is 11.6 Å². The Morgan fingerprint density at radius 3 is 2.19 bits per heavy atom. The van der Waals surface area contributed by atoms with E-state index in [1.54, 1.807) is 32.0 Å². The van der Waals surface area contributed by atoms with Gasteiger partial charge < -0.3 is 5.32 Å². The van der Waals surface area contributed by atoms with Gasteiger partial charge in [0.05, 0.1) is 0 Å². The predicted octanol–water partition coefficient (Wildman–Crippen LogP) is 2.69. The van der Waals surface area contributed by atoms with E-state index < -0.39 is 29.6 Å². The van der Waals surface area contributed by atoms with Crippen LogP contribution in [0.5, 0.6) is 0 Å². The number of rotatable bonds is 5. The van der Waals surface area contributed by atoms with E-state index in [1.807, 2.05) is 0 Å². The second kappa shape index (κ2) is 9.14. The van der Waals surface area contributed by atoms with Gasteiger partial charge in [-0.2, -0.15) is 0 Å². The summed E-state index contributed by atoms with van der Waals surface area (Å²) in [5.41, 5.74) is 5.07. The molecule has 3 amide bonds. The minimum Gasteiger partial charge on any atom is -0.340 e. The lowest BCUT2D eigenvalue weighted by atomic mass is 10.0. The first-order valence-electron chi connectivity index (χ1n) is 8.20. The van der Waals surface area contributed by atoms with Gasteiger partial charge in [0.2, 0.25) is 0 Å². The van der Waals surface area contributed by atoms with E-state index in [0.717, 1.165) is 12.1 Å². The molecule has 8 heteroatoms. The van der Waals surface area contributed by atoms with E-state index in [2.05, 4.69) is 16.2 Å². The average molecular weight is 392 g/mol. The molecule has 0 saturated heterocycles. The molecule has 0 aliphatic heterocycles. The SMILES string of the molecule is CC(C)C(NC(=O)c1ccc(F)cc1)C(=O)NNC(=O)c1cccc(Cl)c1. The molecular formula is C19H19ClFN3O3. The summed E-state index contributed by atoms with van der Waals surface area (Å²) in [6.07, 6.45) is 0. The fraction of sp³-hybridized carbons (Fsp3) is 0.211. The Kier molecular flexibility index (Phi) is 6.90. The molecule has 142 valence electrons. The zero-order chi connectivity index (χ0) is 20.0. The molecule has 0 aliphatic carbocycles. The first kappa shape index (κ1) is 20.4. The van der Waals surface area contributed by atoms with E-state index in [0.29, 0.717) is 5.02 Å². The van der Waals surface area contributed by atoms with E-state index in [-0.39, 0.29) is 17.0 Å². The summed E-state index contributed by atoms with van der Waals surface area (Å²) in [5.74, 6) is -2.37. The van der Waals surface area contributed by atoms with Gasteiger partial charge in [-0.3, -0.25) is 25.2 Å². The number of hydrogen-bond donors (Lipinski definition) is 3. The maximum Gasteiger partial charge on any atom is 0.269 e. The second-order valence-electron chi connectivity index (χ2n) is 6.16. The molecule has 0 aliphatic rings. The van der Waals surface area contributed by atoms with Gasteiger partial charge in [0.15, 0.2) is 0 Å². The van der Waals surface area contributed by atoms with Crippen LogP contribution in [-0.2, 0) is 4.79 Å². The third-order valence-electron chi connectivity index (χ3n) is 3.73. The monoisotopic (exact) mass is 391 g/mol. The summed E-state index contributed by atoms with van der Waals surface area (Å²) in [7, 11) is 0. The molecule has 3 N–H and O–H groups in total. The topological polar surface area (TPSA) is 87.3 Å². The quantitative estimate of drug-likeness (QED) is 0.685. The Morgan fingerprint density at radius 1 is 0.926 bits per heavy atom. The zero-order valence-corrected chi connectivity index (χ0v) is 15.5. The van der Waals surface area contributed by atoms with Crippen LogP contribution in [-0.4, -0.2) is 23.8 Å². The van der Waals surface area contributed by atoms with Crippen molar-refractivity contribution in [2.45, 2.75) is 19.9 Å². The molecule has 27 heavy (non-hydrogen) atoms. The van der Waals surface area contributed by atoms with Crippen molar-refractivity contribution in [3.63, 3.8) is 0 Å². The Hall–Kier alpha value is -2.93. The van der Waals surface area contributed by atoms with E-state index in [9.17, 15) is 18.8 Å². The molecule has 6 nitrogen and oxygen atoms in total. The van der Waals surface area contributed by atoms with Crippen LogP contribution in [0.3, 0.4) is 0 Å². The van der Waals surface area contributed by atoms with Crippen molar-refractivity contribution >= 4 is 29.3 Å². The molecular weight excluding hydrogens is 373 g/mol. The van der Waals surface area contributed by atoms with E-state index in [4.69, 9.17) is 11.6 Å². The molecule has 2 rings (SSSR count). The van der Waals surface area contributed by atoms with E-state index in [1.165, 1.54) is 18.2 Å². The van der Waals surface area contributed by atoms with Crippen LogP contribution in [0.15, 0.2) is 48.5 Å². The van der Waals surface area contributed by atoms with Gasteiger partial charge in [-0.1, -0.05) is 31.5 Å². The fourth-order valence-electron chi connectivity index (χ4n) is 2.26. The zero-order valence-electron chi connectivity index (χ0n) is 14.8. The largest absolute Gasteiger partial charge is 0.340 e. The predicted molar refractivity (Wildman–Crippen MR) is 99.6 cm³/mol. The summed E-state index contributed by atoms with van der Waals surface area (Å²) in [4.78, 5) is 36.7. The molecule has 0 aromatic heterocycles. The molecule has 1 atom stereocenters. The van der Waals surface area contributed by atoms with Crippen molar-refractivity contribution in [2.24, 2.45) is 5.92 Å². The normalized spacial score (nSPS) is 11.6. The minimum atomic E-state index is -0.901. The highest BCUT2D eigenvalue weighted by atomic mass is 35.5. The standard InChI is InChI=1S/C19H19ClFN3O3/c1-11(2)16(22-17(25)12-6-8-15(21)9-7-12)19(27)24-23-18(26)13-4-3-5-14(20)10-13/h3-11,16H,1-2H3,(H,22,25)(H,23,26)(H,24,27). The summed E-state index contributed by atoms with van der Waals surface area (Å²) >= 11 is 5.83. The van der Waals surface area contributed by atoms with Crippen LogP contribution in [0, 0.1) is 11.7 Å². The lowest BCUT2D eigenvalue weighted by Crippen LogP contribution is -2.54. The van der Waals surface area contributed by atoms with Gasteiger partial charge in [0, 0.05) is 16.1 Å². The number of hydrazine groups is 1. The molecule has 0 fully saturated rings. The van der Waals surface area contributed by atoms with E-state index >= 15 is 0 Å². The number of halogens is 2. The third kappa shape index (κ3) is 5.79. The average Bonchev–Trinajstić information content (AvgIpc) is 2.64. The fourth-order valence-corrected chi connectivity index (χ4v) is 2.45. The van der Waals surface area contributed by atoms with Crippen molar-refractivity contribution in [1.82, 2.24) is 16.2 Å². The van der Waals surface area contributed by atoms with Crippen LogP contribution in [0.25, 0.3) is 0 Å². The Balaban J connectivity index is 1.99. The summed E-state index contributed by atoms with van der Waals surface area (Å²) in [5, 5.41) is 2.97.